The maximum absolute atomic E-state index is 4.95. The van der Waals surface area contributed by atoms with Gasteiger partial charge in [0, 0.05) is 5.56 Å². The summed E-state index contributed by atoms with van der Waals surface area (Å²) in [6, 6.07) is 10.4. The lowest BCUT2D eigenvalue weighted by Gasteiger charge is -2.34. The molecule has 1 aliphatic heterocycles. The highest BCUT2D eigenvalue weighted by atomic mass is 32.2. The normalized spacial score (nSPS) is 26.1. The van der Waals surface area contributed by atoms with Crippen molar-refractivity contribution in [3.8, 4) is 0 Å². The molecule has 1 nitrogen and oxygen atoms in total. The monoisotopic (exact) mass is 279 g/mol. The number of unbranched alkanes of at least 4 members (excludes halogenated alkanes) is 1. The van der Waals surface area contributed by atoms with Crippen LogP contribution in [0.25, 0.3) is 0 Å². The number of hydrogen-bond acceptors (Lipinski definition) is 3. The Hall–Kier alpha value is -0.410. The van der Waals surface area contributed by atoms with Gasteiger partial charge in [-0.05, 0) is 20.3 Å². The molecule has 18 heavy (non-hydrogen) atoms. The van der Waals surface area contributed by atoms with Crippen LogP contribution in [-0.2, 0) is 0 Å². The van der Waals surface area contributed by atoms with Crippen molar-refractivity contribution in [1.29, 1.82) is 0 Å². The second-order valence-corrected chi connectivity index (χ2v) is 7.69. The van der Waals surface area contributed by atoms with Crippen LogP contribution in [0.3, 0.4) is 0 Å². The molecule has 0 saturated heterocycles. The average Bonchev–Trinajstić information content (AvgIpc) is 2.59. The van der Waals surface area contributed by atoms with Crippen molar-refractivity contribution in [2.45, 2.75) is 49.7 Å². The molecule has 0 N–H and O–H groups in total. The van der Waals surface area contributed by atoms with Crippen LogP contribution in [0.5, 0.6) is 0 Å². The Balaban J connectivity index is 2.23. The fourth-order valence-electron chi connectivity index (χ4n) is 2.13. The standard InChI is InChI=1S/C15H21NS2/c1-4-5-11-15(17)14(2,3)16-13(18-15)12-9-7-6-8-10-12/h6-10,17H,4-5,11H2,1-3H3. The van der Waals surface area contributed by atoms with E-state index in [-0.39, 0.29) is 9.62 Å². The molecule has 0 radical (unpaired) electrons. The molecule has 0 amide bonds. The van der Waals surface area contributed by atoms with E-state index in [1.54, 1.807) is 0 Å². The fourth-order valence-corrected chi connectivity index (χ4v) is 3.98. The minimum Gasteiger partial charge on any atom is -0.269 e. The molecule has 0 fully saturated rings. The zero-order valence-corrected chi connectivity index (χ0v) is 13.0. The van der Waals surface area contributed by atoms with Crippen molar-refractivity contribution in [2.75, 3.05) is 0 Å². The minimum atomic E-state index is -0.110. The topological polar surface area (TPSA) is 12.4 Å². The summed E-state index contributed by atoms with van der Waals surface area (Å²) in [5.74, 6) is 0. The van der Waals surface area contributed by atoms with Crippen molar-refractivity contribution in [3.05, 3.63) is 35.9 Å². The second kappa shape index (κ2) is 5.30. The highest BCUT2D eigenvalue weighted by molar-refractivity contribution is 8.23. The predicted octanol–water partition coefficient (Wildman–Crippen LogP) is 4.77. The lowest BCUT2D eigenvalue weighted by molar-refractivity contribution is 0.448. The molecule has 0 aromatic heterocycles. The van der Waals surface area contributed by atoms with Crippen LogP contribution >= 0.6 is 24.4 Å². The van der Waals surface area contributed by atoms with Gasteiger partial charge in [-0.3, -0.25) is 4.99 Å². The maximum Gasteiger partial charge on any atom is 0.0998 e. The van der Waals surface area contributed by atoms with Crippen LogP contribution < -0.4 is 0 Å². The first kappa shape index (κ1) is 14.0. The number of nitrogens with zero attached hydrogens (tertiary/aromatic N) is 1. The van der Waals surface area contributed by atoms with E-state index in [2.05, 4.69) is 45.0 Å². The third kappa shape index (κ3) is 2.62. The summed E-state index contributed by atoms with van der Waals surface area (Å²) in [5.41, 5.74) is 1.10. The Morgan fingerprint density at radius 2 is 1.89 bits per heavy atom. The Kier molecular flexibility index (Phi) is 4.12. The zero-order chi connectivity index (χ0) is 13.2. The minimum absolute atomic E-state index is 0.0752. The van der Waals surface area contributed by atoms with Gasteiger partial charge >= 0.3 is 0 Å². The summed E-state index contributed by atoms with van der Waals surface area (Å²) in [7, 11) is 0. The molecular formula is C15H21NS2. The van der Waals surface area contributed by atoms with Gasteiger partial charge in [-0.15, -0.1) is 0 Å². The van der Waals surface area contributed by atoms with E-state index in [9.17, 15) is 0 Å². The molecule has 0 bridgehead atoms. The van der Waals surface area contributed by atoms with Crippen LogP contribution in [0.1, 0.15) is 45.6 Å². The third-order valence-electron chi connectivity index (χ3n) is 3.49. The molecule has 0 saturated carbocycles. The lowest BCUT2D eigenvalue weighted by Crippen LogP contribution is -2.37. The summed E-state index contributed by atoms with van der Waals surface area (Å²) >= 11 is 6.78. The molecular weight excluding hydrogens is 258 g/mol. The van der Waals surface area contributed by atoms with Crippen LogP contribution in [0.4, 0.5) is 0 Å². The first-order valence-electron chi connectivity index (χ1n) is 6.55. The lowest BCUT2D eigenvalue weighted by atomic mass is 9.96. The number of rotatable bonds is 4. The van der Waals surface area contributed by atoms with Crippen LogP contribution in [0.2, 0.25) is 0 Å². The molecule has 3 heteroatoms. The molecule has 0 spiro atoms. The fraction of sp³-hybridized carbons (Fsp3) is 0.533. The molecule has 98 valence electrons. The second-order valence-electron chi connectivity index (χ2n) is 5.33. The number of thiol groups is 1. The summed E-state index contributed by atoms with van der Waals surface area (Å²) in [4.78, 5) is 4.90. The molecule has 2 rings (SSSR count). The van der Waals surface area contributed by atoms with Gasteiger partial charge < -0.3 is 0 Å². The van der Waals surface area contributed by atoms with E-state index in [1.807, 2.05) is 17.8 Å². The van der Waals surface area contributed by atoms with Gasteiger partial charge in [-0.1, -0.05) is 61.9 Å². The number of hydrogen-bond donors (Lipinski definition) is 1. The largest absolute Gasteiger partial charge is 0.269 e. The van der Waals surface area contributed by atoms with Crippen molar-refractivity contribution in [3.63, 3.8) is 0 Å². The molecule has 1 aromatic carbocycles. The SMILES string of the molecule is CCCCC1(S)SC(c2ccccc2)=NC1(C)C. The van der Waals surface area contributed by atoms with Crippen molar-refractivity contribution < 1.29 is 0 Å². The molecule has 1 unspecified atom stereocenters. The number of benzene rings is 1. The predicted molar refractivity (Wildman–Crippen MR) is 85.9 cm³/mol. The molecule has 0 aliphatic carbocycles. The Morgan fingerprint density at radius 1 is 1.22 bits per heavy atom. The van der Waals surface area contributed by atoms with E-state index in [4.69, 9.17) is 17.6 Å². The Morgan fingerprint density at radius 3 is 2.50 bits per heavy atom. The third-order valence-corrected chi connectivity index (χ3v) is 6.10. The first-order valence-corrected chi connectivity index (χ1v) is 7.81. The van der Waals surface area contributed by atoms with E-state index in [1.165, 1.54) is 18.4 Å². The number of thioether (sulfide) groups is 1. The van der Waals surface area contributed by atoms with Gasteiger partial charge in [0.25, 0.3) is 0 Å². The van der Waals surface area contributed by atoms with Crippen LogP contribution in [0, 0.1) is 0 Å². The van der Waals surface area contributed by atoms with Gasteiger partial charge in [-0.2, -0.15) is 12.6 Å². The molecule has 1 aromatic rings. The Labute approximate surface area is 120 Å². The van der Waals surface area contributed by atoms with E-state index in [0.717, 1.165) is 11.5 Å². The van der Waals surface area contributed by atoms with Crippen molar-refractivity contribution >= 4 is 29.4 Å². The van der Waals surface area contributed by atoms with Crippen molar-refractivity contribution in [1.82, 2.24) is 0 Å². The summed E-state index contributed by atoms with van der Waals surface area (Å²) in [5, 5.41) is 1.13. The molecule has 1 aliphatic rings. The smallest absolute Gasteiger partial charge is 0.0998 e. The highest BCUT2D eigenvalue weighted by Gasteiger charge is 2.48. The summed E-state index contributed by atoms with van der Waals surface area (Å²) < 4.78 is -0.0752. The van der Waals surface area contributed by atoms with E-state index < -0.39 is 0 Å². The maximum atomic E-state index is 4.95. The van der Waals surface area contributed by atoms with Gasteiger partial charge in [0.2, 0.25) is 0 Å². The van der Waals surface area contributed by atoms with Gasteiger partial charge in [0.05, 0.1) is 14.7 Å². The average molecular weight is 279 g/mol. The van der Waals surface area contributed by atoms with Crippen LogP contribution in [0.15, 0.2) is 35.3 Å². The molecule has 1 atom stereocenters. The van der Waals surface area contributed by atoms with Crippen molar-refractivity contribution in [2.24, 2.45) is 4.99 Å². The number of aliphatic imine (C=N–C) groups is 1. The summed E-state index contributed by atoms with van der Waals surface area (Å²) in [6.45, 7) is 6.61. The zero-order valence-electron chi connectivity index (χ0n) is 11.3. The van der Waals surface area contributed by atoms with Gasteiger partial charge in [0.15, 0.2) is 0 Å². The van der Waals surface area contributed by atoms with Gasteiger partial charge in [-0.25, -0.2) is 0 Å². The summed E-state index contributed by atoms with van der Waals surface area (Å²) in [6.07, 6.45) is 3.52. The Bertz CT molecular complexity index is 439. The van der Waals surface area contributed by atoms with Crippen LogP contribution in [-0.4, -0.2) is 14.7 Å². The first-order chi connectivity index (χ1) is 8.48. The quantitative estimate of drug-likeness (QED) is 0.783. The van der Waals surface area contributed by atoms with E-state index in [0.29, 0.717) is 0 Å². The van der Waals surface area contributed by atoms with E-state index >= 15 is 0 Å². The highest BCUT2D eigenvalue weighted by Crippen LogP contribution is 2.52. The van der Waals surface area contributed by atoms with Gasteiger partial charge in [0.1, 0.15) is 0 Å². The molecule has 1 heterocycles.